The average Bonchev–Trinajstić information content (AvgIpc) is 2.63. The topological polar surface area (TPSA) is 62.7 Å². The van der Waals surface area contributed by atoms with Crippen LogP contribution in [-0.2, 0) is 4.74 Å². The fourth-order valence-electron chi connectivity index (χ4n) is 4.04. The van der Waals surface area contributed by atoms with Crippen molar-refractivity contribution in [2.75, 3.05) is 19.7 Å². The standard InChI is InChI=1S/C18H21F5N2O3/c19-15(20)13-7-11(1-4-24-13)12-8-17(9-12)2-5-25(6-3-17)16(27)28-14(10-26)18(21,22)23/h1,4,7,12,14-15,26H,2-3,5-6,8-10H2/t14-/m1/s1. The Morgan fingerprint density at radius 2 is 1.96 bits per heavy atom. The summed E-state index contributed by atoms with van der Waals surface area (Å²) in [7, 11) is 0. The summed E-state index contributed by atoms with van der Waals surface area (Å²) in [5, 5.41) is 8.76. The maximum Gasteiger partial charge on any atom is 0.427 e. The molecule has 2 aliphatic rings. The molecule has 3 rings (SSSR count). The van der Waals surface area contributed by atoms with Crippen LogP contribution in [-0.4, -0.2) is 53.1 Å². The number of pyridine rings is 1. The predicted octanol–water partition coefficient (Wildman–Crippen LogP) is 4.04. The molecule has 2 fully saturated rings. The number of nitrogens with zero attached hydrogens (tertiary/aromatic N) is 2. The van der Waals surface area contributed by atoms with E-state index >= 15 is 0 Å². The maximum atomic E-state index is 12.8. The van der Waals surface area contributed by atoms with Gasteiger partial charge >= 0.3 is 12.3 Å². The molecule has 2 heterocycles. The first-order valence-electron chi connectivity index (χ1n) is 9.01. The molecule has 1 amide bonds. The number of halogens is 5. The van der Waals surface area contributed by atoms with Gasteiger partial charge in [-0.3, -0.25) is 4.98 Å². The van der Waals surface area contributed by atoms with E-state index in [4.69, 9.17) is 5.11 Å². The van der Waals surface area contributed by atoms with Gasteiger partial charge < -0.3 is 14.7 Å². The maximum absolute atomic E-state index is 12.8. The molecule has 5 nitrogen and oxygen atoms in total. The normalized spacial score (nSPS) is 20.9. The van der Waals surface area contributed by atoms with E-state index in [1.807, 2.05) is 0 Å². The third kappa shape index (κ3) is 4.37. The highest BCUT2D eigenvalue weighted by molar-refractivity contribution is 5.68. The van der Waals surface area contributed by atoms with Crippen LogP contribution >= 0.6 is 0 Å². The summed E-state index contributed by atoms with van der Waals surface area (Å²) < 4.78 is 67.8. The second kappa shape index (κ2) is 7.81. The first-order chi connectivity index (χ1) is 13.1. The number of ether oxygens (including phenoxy) is 1. The van der Waals surface area contributed by atoms with E-state index in [2.05, 4.69) is 9.72 Å². The van der Waals surface area contributed by atoms with Gasteiger partial charge in [0.05, 0.1) is 6.61 Å². The summed E-state index contributed by atoms with van der Waals surface area (Å²) in [4.78, 5) is 16.8. The molecule has 28 heavy (non-hydrogen) atoms. The molecule has 1 spiro atoms. The highest BCUT2D eigenvalue weighted by Gasteiger charge is 2.48. The van der Waals surface area contributed by atoms with Crippen molar-refractivity contribution in [1.82, 2.24) is 9.88 Å². The van der Waals surface area contributed by atoms with Crippen molar-refractivity contribution in [1.29, 1.82) is 0 Å². The molecule has 1 aliphatic heterocycles. The summed E-state index contributed by atoms with van der Waals surface area (Å²) in [5.41, 5.74) is 0.531. The Labute approximate surface area is 158 Å². The van der Waals surface area contributed by atoms with Crippen LogP contribution in [0.15, 0.2) is 18.3 Å². The van der Waals surface area contributed by atoms with Crippen LogP contribution in [0.2, 0.25) is 0 Å². The molecule has 1 aromatic heterocycles. The lowest BCUT2D eigenvalue weighted by atomic mass is 9.56. The molecule has 1 saturated heterocycles. The summed E-state index contributed by atoms with van der Waals surface area (Å²) in [5.74, 6) is 0.142. The number of carbonyl (C=O) groups is 1. The molecular formula is C18H21F5N2O3. The molecule has 1 atom stereocenters. The fourth-order valence-corrected chi connectivity index (χ4v) is 4.04. The fraction of sp³-hybridized carbons (Fsp3) is 0.667. The molecule has 0 radical (unpaired) electrons. The number of carbonyl (C=O) groups excluding carboxylic acids is 1. The van der Waals surface area contributed by atoms with Crippen LogP contribution in [0.5, 0.6) is 0 Å². The van der Waals surface area contributed by atoms with Gasteiger partial charge in [-0.25, -0.2) is 13.6 Å². The van der Waals surface area contributed by atoms with Crippen molar-refractivity contribution < 1.29 is 36.6 Å². The van der Waals surface area contributed by atoms with Gasteiger partial charge in [0.15, 0.2) is 0 Å². The summed E-state index contributed by atoms with van der Waals surface area (Å²) >= 11 is 0. The Morgan fingerprint density at radius 3 is 2.50 bits per heavy atom. The average molecular weight is 408 g/mol. The van der Waals surface area contributed by atoms with Gasteiger partial charge in [0.2, 0.25) is 6.10 Å². The van der Waals surface area contributed by atoms with Crippen LogP contribution in [0.25, 0.3) is 0 Å². The number of likely N-dealkylation sites (tertiary alicyclic amines) is 1. The highest BCUT2D eigenvalue weighted by atomic mass is 19.4. The highest BCUT2D eigenvalue weighted by Crippen LogP contribution is 2.56. The van der Waals surface area contributed by atoms with E-state index in [0.717, 1.165) is 18.4 Å². The van der Waals surface area contributed by atoms with Crippen molar-refractivity contribution in [2.24, 2.45) is 5.41 Å². The SMILES string of the molecule is O=C(O[C@H](CO)C(F)(F)F)N1CCC2(CC1)CC(c1ccnc(C(F)F)c1)C2. The number of amides is 1. The lowest BCUT2D eigenvalue weighted by molar-refractivity contribution is -0.215. The van der Waals surface area contributed by atoms with Gasteiger partial charge in [0, 0.05) is 19.3 Å². The third-order valence-corrected chi connectivity index (χ3v) is 5.72. The summed E-state index contributed by atoms with van der Waals surface area (Å²) in [6.45, 7) is -0.790. The minimum absolute atomic E-state index is 0.0316. The van der Waals surface area contributed by atoms with Crippen molar-refractivity contribution in [3.05, 3.63) is 29.6 Å². The lowest BCUT2D eigenvalue weighted by Gasteiger charge is -2.52. The summed E-state index contributed by atoms with van der Waals surface area (Å²) in [6, 6.07) is 3.14. The molecule has 10 heteroatoms. The molecule has 1 N–H and O–H groups in total. The Hall–Kier alpha value is -1.97. The van der Waals surface area contributed by atoms with E-state index in [-0.39, 0.29) is 30.1 Å². The van der Waals surface area contributed by atoms with E-state index in [1.54, 1.807) is 6.07 Å². The van der Waals surface area contributed by atoms with Crippen LogP contribution in [0.4, 0.5) is 26.7 Å². The molecule has 1 saturated carbocycles. The van der Waals surface area contributed by atoms with Crippen LogP contribution in [0.3, 0.4) is 0 Å². The molecule has 156 valence electrons. The molecule has 1 aromatic rings. The van der Waals surface area contributed by atoms with E-state index in [1.165, 1.54) is 17.2 Å². The molecule has 0 bridgehead atoms. The number of hydrogen-bond donors (Lipinski definition) is 1. The van der Waals surface area contributed by atoms with Gasteiger partial charge in [-0.05, 0) is 54.7 Å². The third-order valence-electron chi connectivity index (χ3n) is 5.72. The number of alkyl halides is 5. The first-order valence-corrected chi connectivity index (χ1v) is 9.01. The van der Waals surface area contributed by atoms with Crippen molar-refractivity contribution in [3.63, 3.8) is 0 Å². The molecular weight excluding hydrogens is 387 g/mol. The van der Waals surface area contributed by atoms with Crippen LogP contribution < -0.4 is 0 Å². The van der Waals surface area contributed by atoms with E-state index in [9.17, 15) is 26.7 Å². The quantitative estimate of drug-likeness (QED) is 0.764. The number of piperidine rings is 1. The van der Waals surface area contributed by atoms with Crippen molar-refractivity contribution >= 4 is 6.09 Å². The molecule has 1 aliphatic carbocycles. The minimum Gasteiger partial charge on any atom is -0.434 e. The summed E-state index contributed by atoms with van der Waals surface area (Å²) in [6.07, 6.45) is -6.89. The zero-order chi connectivity index (χ0) is 20.5. The van der Waals surface area contributed by atoms with Crippen molar-refractivity contribution in [2.45, 2.75) is 50.3 Å². The number of hydrogen-bond acceptors (Lipinski definition) is 4. The smallest absolute Gasteiger partial charge is 0.427 e. The van der Waals surface area contributed by atoms with Gasteiger partial charge in [-0.1, -0.05) is 0 Å². The molecule has 0 unspecified atom stereocenters. The van der Waals surface area contributed by atoms with Crippen LogP contribution in [0, 0.1) is 5.41 Å². The Balaban J connectivity index is 1.51. The number of aliphatic hydroxyl groups is 1. The Morgan fingerprint density at radius 1 is 1.32 bits per heavy atom. The number of aliphatic hydroxyl groups excluding tert-OH is 1. The number of rotatable bonds is 4. The number of aromatic nitrogens is 1. The van der Waals surface area contributed by atoms with Gasteiger partial charge in [0.25, 0.3) is 6.43 Å². The van der Waals surface area contributed by atoms with Crippen LogP contribution in [0.1, 0.15) is 49.3 Å². The van der Waals surface area contributed by atoms with Gasteiger partial charge in [0.1, 0.15) is 5.69 Å². The Kier molecular flexibility index (Phi) is 5.79. The largest absolute Gasteiger partial charge is 0.434 e. The first kappa shape index (κ1) is 20.8. The second-order valence-electron chi connectivity index (χ2n) is 7.50. The predicted molar refractivity (Wildman–Crippen MR) is 87.8 cm³/mol. The van der Waals surface area contributed by atoms with E-state index in [0.29, 0.717) is 12.8 Å². The lowest BCUT2D eigenvalue weighted by Crippen LogP contribution is -2.50. The Bertz CT molecular complexity index is 697. The minimum atomic E-state index is -4.82. The molecule has 0 aromatic carbocycles. The monoisotopic (exact) mass is 408 g/mol. The second-order valence-corrected chi connectivity index (χ2v) is 7.50. The van der Waals surface area contributed by atoms with E-state index < -0.39 is 31.4 Å². The van der Waals surface area contributed by atoms with Gasteiger partial charge in [-0.15, -0.1) is 0 Å². The van der Waals surface area contributed by atoms with Gasteiger partial charge in [-0.2, -0.15) is 13.2 Å². The zero-order valence-electron chi connectivity index (χ0n) is 15.0. The zero-order valence-corrected chi connectivity index (χ0v) is 15.0. The van der Waals surface area contributed by atoms with Crippen molar-refractivity contribution in [3.8, 4) is 0 Å².